The van der Waals surface area contributed by atoms with Crippen molar-refractivity contribution in [2.75, 3.05) is 20.2 Å². The van der Waals surface area contributed by atoms with E-state index in [1.165, 1.54) is 7.11 Å². The Labute approximate surface area is 220 Å². The molecule has 0 unspecified atom stereocenters. The number of halogens is 3. The standard InChI is InChI=1S/C28H29Cl2FN2O3/c1-32-19(15-22-24(31)12-18(13-25(22)32)17-3-4-17)14-21-23(29)6-5-20(27(21)30)28(35)33-9-7-16(8-10-33)11-26(34)36-2/h5-6,12-13,15-17H,3-4,7-11,14H2,1-2H3. The first kappa shape index (κ1) is 25.1. The van der Waals surface area contributed by atoms with Crippen LogP contribution in [-0.4, -0.2) is 41.5 Å². The highest BCUT2D eigenvalue weighted by Gasteiger charge is 2.28. The maximum atomic E-state index is 14.9. The van der Waals surface area contributed by atoms with Crippen LogP contribution < -0.4 is 0 Å². The summed E-state index contributed by atoms with van der Waals surface area (Å²) in [4.78, 5) is 26.7. The van der Waals surface area contributed by atoms with Crippen LogP contribution in [0.15, 0.2) is 30.3 Å². The van der Waals surface area contributed by atoms with Gasteiger partial charge in [0.2, 0.25) is 0 Å². The Morgan fingerprint density at radius 3 is 2.47 bits per heavy atom. The van der Waals surface area contributed by atoms with Crippen LogP contribution in [0.5, 0.6) is 0 Å². The zero-order valence-corrected chi connectivity index (χ0v) is 22.0. The number of hydrogen-bond acceptors (Lipinski definition) is 3. The van der Waals surface area contributed by atoms with E-state index in [0.29, 0.717) is 58.4 Å². The smallest absolute Gasteiger partial charge is 0.305 e. The number of benzene rings is 2. The van der Waals surface area contributed by atoms with Gasteiger partial charge < -0.3 is 14.2 Å². The van der Waals surface area contributed by atoms with E-state index in [0.717, 1.165) is 42.5 Å². The quantitative estimate of drug-likeness (QED) is 0.341. The van der Waals surface area contributed by atoms with Crippen molar-refractivity contribution in [1.29, 1.82) is 0 Å². The van der Waals surface area contributed by atoms with Crippen LogP contribution in [0.3, 0.4) is 0 Å². The number of nitrogens with zero attached hydrogens (tertiary/aromatic N) is 2. The predicted octanol–water partition coefficient (Wildman–Crippen LogP) is 6.51. The van der Waals surface area contributed by atoms with Gasteiger partial charge in [-0.05, 0) is 79.0 Å². The first-order chi connectivity index (χ1) is 17.3. The number of hydrogen-bond donors (Lipinski definition) is 0. The number of likely N-dealkylation sites (tertiary alicyclic amines) is 1. The van der Waals surface area contributed by atoms with Crippen molar-refractivity contribution < 1.29 is 18.7 Å². The zero-order valence-electron chi connectivity index (χ0n) is 20.5. The summed E-state index contributed by atoms with van der Waals surface area (Å²) in [7, 11) is 3.31. The van der Waals surface area contributed by atoms with E-state index >= 15 is 0 Å². The third-order valence-electron chi connectivity index (χ3n) is 7.64. The van der Waals surface area contributed by atoms with Gasteiger partial charge in [0.05, 0.1) is 23.2 Å². The number of rotatable bonds is 6. The average molecular weight is 531 g/mol. The van der Waals surface area contributed by atoms with Gasteiger partial charge in [-0.25, -0.2) is 4.39 Å². The fraction of sp³-hybridized carbons (Fsp3) is 0.429. The topological polar surface area (TPSA) is 51.5 Å². The molecule has 0 radical (unpaired) electrons. The van der Waals surface area contributed by atoms with Crippen LogP contribution in [0.25, 0.3) is 10.9 Å². The van der Waals surface area contributed by atoms with Crippen molar-refractivity contribution >= 4 is 46.0 Å². The Bertz CT molecular complexity index is 1340. The molecule has 5 rings (SSSR count). The molecule has 2 aliphatic rings. The summed E-state index contributed by atoms with van der Waals surface area (Å²) < 4.78 is 21.6. The summed E-state index contributed by atoms with van der Waals surface area (Å²) in [5.41, 5.74) is 3.82. The molecule has 8 heteroatoms. The van der Waals surface area contributed by atoms with Crippen LogP contribution in [0, 0.1) is 11.7 Å². The second kappa shape index (κ2) is 10.1. The molecule has 2 fully saturated rings. The predicted molar refractivity (Wildman–Crippen MR) is 139 cm³/mol. The van der Waals surface area contributed by atoms with Crippen molar-refractivity contribution in [3.63, 3.8) is 0 Å². The summed E-state index contributed by atoms with van der Waals surface area (Å²) in [6.45, 7) is 1.11. The molecule has 0 atom stereocenters. The molecule has 1 aromatic heterocycles. The van der Waals surface area contributed by atoms with Crippen molar-refractivity contribution in [3.05, 3.63) is 68.6 Å². The van der Waals surface area contributed by atoms with Crippen LogP contribution in [0.4, 0.5) is 4.39 Å². The lowest BCUT2D eigenvalue weighted by Gasteiger charge is -2.32. The number of aryl methyl sites for hydroxylation is 1. The van der Waals surface area contributed by atoms with E-state index in [4.69, 9.17) is 27.9 Å². The fourth-order valence-corrected chi connectivity index (χ4v) is 5.80. The van der Waals surface area contributed by atoms with Gasteiger partial charge in [0.25, 0.3) is 5.91 Å². The summed E-state index contributed by atoms with van der Waals surface area (Å²) >= 11 is 13.3. The number of aromatic nitrogens is 1. The largest absolute Gasteiger partial charge is 0.469 e. The van der Waals surface area contributed by atoms with E-state index in [1.54, 1.807) is 23.1 Å². The van der Waals surface area contributed by atoms with E-state index in [-0.39, 0.29) is 23.6 Å². The third kappa shape index (κ3) is 4.85. The molecule has 190 valence electrons. The SMILES string of the molecule is COC(=O)CC1CCN(C(=O)c2ccc(Cl)c(Cc3cc4c(F)cc(C5CC5)cc4n3C)c2Cl)CC1. The average Bonchev–Trinajstić information content (AvgIpc) is 3.67. The number of carbonyl (C=O) groups excluding carboxylic acids is 2. The molecule has 0 bridgehead atoms. The van der Waals surface area contributed by atoms with Gasteiger partial charge in [0, 0.05) is 49.1 Å². The summed E-state index contributed by atoms with van der Waals surface area (Å²) in [5, 5.41) is 1.37. The molecular formula is C28H29Cl2FN2O3. The summed E-state index contributed by atoms with van der Waals surface area (Å²) in [6, 6.07) is 8.94. The van der Waals surface area contributed by atoms with Gasteiger partial charge in [-0.1, -0.05) is 23.2 Å². The van der Waals surface area contributed by atoms with Gasteiger partial charge in [-0.3, -0.25) is 9.59 Å². The molecule has 0 N–H and O–H groups in total. The number of methoxy groups -OCH3 is 1. The first-order valence-corrected chi connectivity index (χ1v) is 13.1. The lowest BCUT2D eigenvalue weighted by Crippen LogP contribution is -2.39. The second-order valence-electron chi connectivity index (χ2n) is 9.98. The third-order valence-corrected chi connectivity index (χ3v) is 8.43. The lowest BCUT2D eigenvalue weighted by atomic mass is 9.93. The molecule has 2 aromatic carbocycles. The van der Waals surface area contributed by atoms with E-state index in [2.05, 4.69) is 6.07 Å². The Hall–Kier alpha value is -2.57. The molecule has 3 aromatic rings. The van der Waals surface area contributed by atoms with Gasteiger partial charge in [0.15, 0.2) is 0 Å². The molecule has 5 nitrogen and oxygen atoms in total. The molecule has 1 aliphatic heterocycles. The maximum absolute atomic E-state index is 14.9. The Balaban J connectivity index is 1.38. The van der Waals surface area contributed by atoms with Crippen LogP contribution in [0.1, 0.15) is 65.2 Å². The van der Waals surface area contributed by atoms with Crippen molar-refractivity contribution in [1.82, 2.24) is 9.47 Å². The van der Waals surface area contributed by atoms with E-state index in [9.17, 15) is 14.0 Å². The second-order valence-corrected chi connectivity index (χ2v) is 10.8. The number of piperidine rings is 1. The number of amides is 1. The van der Waals surface area contributed by atoms with Crippen molar-refractivity contribution in [3.8, 4) is 0 Å². The van der Waals surface area contributed by atoms with Crippen LogP contribution in [-0.2, 0) is 23.0 Å². The Kier molecular flexibility index (Phi) is 7.01. The van der Waals surface area contributed by atoms with Gasteiger partial charge in [-0.2, -0.15) is 0 Å². The molecule has 36 heavy (non-hydrogen) atoms. The van der Waals surface area contributed by atoms with Crippen LogP contribution in [0.2, 0.25) is 10.0 Å². The highest BCUT2D eigenvalue weighted by Crippen LogP contribution is 2.42. The monoisotopic (exact) mass is 530 g/mol. The highest BCUT2D eigenvalue weighted by molar-refractivity contribution is 6.38. The van der Waals surface area contributed by atoms with E-state index in [1.807, 2.05) is 17.7 Å². The van der Waals surface area contributed by atoms with Gasteiger partial charge in [0.1, 0.15) is 5.82 Å². The molecular weight excluding hydrogens is 502 g/mol. The molecule has 1 amide bonds. The number of carbonyl (C=O) groups is 2. The first-order valence-electron chi connectivity index (χ1n) is 12.4. The molecule has 1 aliphatic carbocycles. The minimum atomic E-state index is -0.220. The normalized spacial score (nSPS) is 16.5. The zero-order chi connectivity index (χ0) is 25.6. The minimum absolute atomic E-state index is 0.147. The molecule has 0 spiro atoms. The highest BCUT2D eigenvalue weighted by atomic mass is 35.5. The number of fused-ring (bicyclic) bond motifs is 1. The van der Waals surface area contributed by atoms with E-state index < -0.39 is 0 Å². The Morgan fingerprint density at radius 2 is 1.81 bits per heavy atom. The summed E-state index contributed by atoms with van der Waals surface area (Å²) in [6.07, 6.45) is 4.45. The van der Waals surface area contributed by atoms with Crippen molar-refractivity contribution in [2.24, 2.45) is 13.0 Å². The summed E-state index contributed by atoms with van der Waals surface area (Å²) in [5.74, 6) is 0.0890. The van der Waals surface area contributed by atoms with Gasteiger partial charge >= 0.3 is 5.97 Å². The number of ether oxygens (including phenoxy) is 1. The molecule has 1 saturated heterocycles. The lowest BCUT2D eigenvalue weighted by molar-refractivity contribution is -0.142. The van der Waals surface area contributed by atoms with Crippen molar-refractivity contribution in [2.45, 2.75) is 44.4 Å². The number of esters is 1. The fourth-order valence-electron chi connectivity index (χ4n) is 5.22. The molecule has 1 saturated carbocycles. The molecule has 2 heterocycles. The van der Waals surface area contributed by atoms with Gasteiger partial charge in [-0.15, -0.1) is 0 Å². The Morgan fingerprint density at radius 1 is 1.08 bits per heavy atom. The maximum Gasteiger partial charge on any atom is 0.305 e. The van der Waals surface area contributed by atoms with Crippen LogP contribution >= 0.6 is 23.2 Å². The minimum Gasteiger partial charge on any atom is -0.469 e.